The summed E-state index contributed by atoms with van der Waals surface area (Å²) >= 11 is 0. The maximum absolute atomic E-state index is 11.9. The van der Waals surface area contributed by atoms with Gasteiger partial charge < -0.3 is 10.6 Å². The molecule has 2 rings (SSSR count). The van der Waals surface area contributed by atoms with E-state index in [1.807, 2.05) is 6.92 Å². The second-order valence-corrected chi connectivity index (χ2v) is 7.07. The number of carbonyl (C=O) groups excluding carboxylic acids is 1. The molecule has 0 spiro atoms. The largest absolute Gasteiger partial charge is 0.352 e. The maximum Gasteiger partial charge on any atom is 0.251 e. The first kappa shape index (κ1) is 18.7. The average Bonchev–Trinajstić information content (AvgIpc) is 2.37. The quantitative estimate of drug-likeness (QED) is 0.692. The van der Waals surface area contributed by atoms with Crippen molar-refractivity contribution in [1.82, 2.24) is 10.6 Å². The predicted molar refractivity (Wildman–Crippen MR) is 90.1 cm³/mol. The van der Waals surface area contributed by atoms with Crippen LogP contribution in [-0.4, -0.2) is 39.7 Å². The lowest BCUT2D eigenvalue weighted by Gasteiger charge is -2.27. The van der Waals surface area contributed by atoms with Crippen LogP contribution in [0.1, 0.15) is 23.7 Å². The molecular weight excluding hydrogens is 326 g/mol. The van der Waals surface area contributed by atoms with Gasteiger partial charge in [0.25, 0.3) is 5.91 Å². The van der Waals surface area contributed by atoms with Gasteiger partial charge in [0, 0.05) is 36.8 Å². The highest BCUT2D eigenvalue weighted by molar-refractivity contribution is 7.92. The van der Waals surface area contributed by atoms with Crippen LogP contribution in [0.25, 0.3) is 0 Å². The van der Waals surface area contributed by atoms with Crippen LogP contribution in [0.4, 0.5) is 5.69 Å². The van der Waals surface area contributed by atoms with Gasteiger partial charge in [-0.1, -0.05) is 6.92 Å². The maximum atomic E-state index is 11.9. The summed E-state index contributed by atoms with van der Waals surface area (Å²) in [7, 11) is -3.29. The van der Waals surface area contributed by atoms with Crippen LogP contribution in [0.15, 0.2) is 24.3 Å². The first-order chi connectivity index (χ1) is 10.00. The van der Waals surface area contributed by atoms with Crippen molar-refractivity contribution >= 4 is 34.0 Å². The van der Waals surface area contributed by atoms with E-state index in [1.165, 1.54) is 0 Å². The Labute approximate surface area is 137 Å². The Morgan fingerprint density at radius 1 is 1.27 bits per heavy atom. The second kappa shape index (κ2) is 8.36. The summed E-state index contributed by atoms with van der Waals surface area (Å²) in [6.45, 7) is 4.36. The molecule has 0 aliphatic carbocycles. The van der Waals surface area contributed by atoms with E-state index in [-0.39, 0.29) is 24.1 Å². The second-order valence-electron chi connectivity index (χ2n) is 5.23. The number of nitrogens with one attached hydrogen (secondary N) is 3. The Morgan fingerprint density at radius 2 is 1.91 bits per heavy atom. The molecule has 1 aromatic carbocycles. The molecule has 1 aliphatic heterocycles. The Morgan fingerprint density at radius 3 is 2.41 bits per heavy atom. The SMILES string of the molecule is CCCS(=O)(=O)Nc1ccc(C(=O)NCC2CNC2)cc1.Cl. The zero-order chi connectivity index (χ0) is 15.3. The molecule has 3 N–H and O–H groups in total. The molecule has 1 amide bonds. The van der Waals surface area contributed by atoms with Gasteiger partial charge in [0.1, 0.15) is 0 Å². The van der Waals surface area contributed by atoms with Gasteiger partial charge in [0.15, 0.2) is 0 Å². The molecule has 0 radical (unpaired) electrons. The van der Waals surface area contributed by atoms with Crippen molar-refractivity contribution in [2.75, 3.05) is 30.1 Å². The lowest BCUT2D eigenvalue weighted by Crippen LogP contribution is -2.48. The van der Waals surface area contributed by atoms with Crippen molar-refractivity contribution < 1.29 is 13.2 Å². The highest BCUT2D eigenvalue weighted by atomic mass is 35.5. The van der Waals surface area contributed by atoms with Gasteiger partial charge in [-0.25, -0.2) is 8.42 Å². The van der Waals surface area contributed by atoms with Crippen LogP contribution < -0.4 is 15.4 Å². The molecule has 1 saturated heterocycles. The zero-order valence-corrected chi connectivity index (χ0v) is 14.1. The number of hydrogen-bond acceptors (Lipinski definition) is 4. The van der Waals surface area contributed by atoms with Gasteiger partial charge >= 0.3 is 0 Å². The van der Waals surface area contributed by atoms with E-state index in [0.29, 0.717) is 30.1 Å². The Bertz CT molecular complexity index is 586. The molecule has 6 nitrogen and oxygen atoms in total. The number of anilines is 1. The summed E-state index contributed by atoms with van der Waals surface area (Å²) in [5.41, 5.74) is 1.00. The average molecular weight is 348 g/mol. The van der Waals surface area contributed by atoms with Gasteiger partial charge in [-0.2, -0.15) is 0 Å². The van der Waals surface area contributed by atoms with Crippen molar-refractivity contribution in [2.45, 2.75) is 13.3 Å². The third kappa shape index (κ3) is 5.47. The molecule has 8 heteroatoms. The monoisotopic (exact) mass is 347 g/mol. The number of halogens is 1. The van der Waals surface area contributed by atoms with Gasteiger partial charge in [-0.05, 0) is 30.7 Å². The molecule has 1 aliphatic rings. The van der Waals surface area contributed by atoms with Gasteiger partial charge in [-0.15, -0.1) is 12.4 Å². The summed E-state index contributed by atoms with van der Waals surface area (Å²) in [5.74, 6) is 0.462. The third-order valence-electron chi connectivity index (χ3n) is 3.31. The molecule has 0 bridgehead atoms. The molecule has 1 aromatic rings. The van der Waals surface area contributed by atoms with Crippen molar-refractivity contribution in [1.29, 1.82) is 0 Å². The molecule has 0 saturated carbocycles. The van der Waals surface area contributed by atoms with Crippen molar-refractivity contribution in [3.63, 3.8) is 0 Å². The van der Waals surface area contributed by atoms with Crippen LogP contribution >= 0.6 is 12.4 Å². The summed E-state index contributed by atoms with van der Waals surface area (Å²) in [4.78, 5) is 11.9. The topological polar surface area (TPSA) is 87.3 Å². The number of sulfonamides is 1. The third-order valence-corrected chi connectivity index (χ3v) is 4.80. The standard InChI is InChI=1S/C14H21N3O3S.ClH/c1-2-7-21(19,20)17-13-5-3-12(4-6-13)14(18)16-10-11-8-15-9-11;/h3-6,11,15,17H,2,7-10H2,1H3,(H,16,18);1H. The normalized spacial score (nSPS) is 14.6. The molecule has 0 unspecified atom stereocenters. The Balaban J connectivity index is 0.00000242. The van der Waals surface area contributed by atoms with E-state index in [0.717, 1.165) is 13.1 Å². The number of amides is 1. The van der Waals surface area contributed by atoms with E-state index in [1.54, 1.807) is 24.3 Å². The summed E-state index contributed by atoms with van der Waals surface area (Å²) in [6.07, 6.45) is 0.561. The van der Waals surface area contributed by atoms with E-state index in [2.05, 4.69) is 15.4 Å². The van der Waals surface area contributed by atoms with E-state index < -0.39 is 10.0 Å². The Kier molecular flexibility index (Phi) is 7.12. The Hall–Kier alpha value is -1.31. The molecule has 22 heavy (non-hydrogen) atoms. The molecular formula is C14H22ClN3O3S. The number of carbonyl (C=O) groups is 1. The van der Waals surface area contributed by atoms with Gasteiger partial charge in [-0.3, -0.25) is 9.52 Å². The fourth-order valence-electron chi connectivity index (χ4n) is 2.02. The summed E-state index contributed by atoms with van der Waals surface area (Å²) in [6, 6.07) is 6.45. The molecule has 1 fully saturated rings. The fourth-order valence-corrected chi connectivity index (χ4v) is 3.16. The first-order valence-electron chi connectivity index (χ1n) is 7.09. The van der Waals surface area contributed by atoms with Crippen molar-refractivity contribution in [3.8, 4) is 0 Å². The van der Waals surface area contributed by atoms with Crippen molar-refractivity contribution in [3.05, 3.63) is 29.8 Å². The van der Waals surface area contributed by atoms with Crippen LogP contribution in [0.2, 0.25) is 0 Å². The van der Waals surface area contributed by atoms with Crippen LogP contribution in [0.5, 0.6) is 0 Å². The van der Waals surface area contributed by atoms with Crippen molar-refractivity contribution in [2.24, 2.45) is 5.92 Å². The lowest BCUT2D eigenvalue weighted by atomic mass is 10.0. The fraction of sp³-hybridized carbons (Fsp3) is 0.500. The smallest absolute Gasteiger partial charge is 0.251 e. The molecule has 0 atom stereocenters. The van der Waals surface area contributed by atoms with Gasteiger partial charge in [0.05, 0.1) is 5.75 Å². The molecule has 0 aromatic heterocycles. The minimum Gasteiger partial charge on any atom is -0.352 e. The molecule has 124 valence electrons. The predicted octanol–water partition coefficient (Wildman–Crippen LogP) is 1.21. The van der Waals surface area contributed by atoms with Crippen LogP contribution in [0, 0.1) is 5.92 Å². The number of rotatable bonds is 7. The summed E-state index contributed by atoms with van der Waals surface area (Å²) in [5, 5.41) is 6.02. The number of benzene rings is 1. The van der Waals surface area contributed by atoms with E-state index in [9.17, 15) is 13.2 Å². The minimum absolute atomic E-state index is 0. The van der Waals surface area contributed by atoms with E-state index in [4.69, 9.17) is 0 Å². The number of hydrogen-bond donors (Lipinski definition) is 3. The highest BCUT2D eigenvalue weighted by Crippen LogP contribution is 2.12. The van der Waals surface area contributed by atoms with Crippen LogP contribution in [-0.2, 0) is 10.0 Å². The summed E-state index contributed by atoms with van der Waals surface area (Å²) < 4.78 is 25.8. The lowest BCUT2D eigenvalue weighted by molar-refractivity contribution is 0.0942. The zero-order valence-electron chi connectivity index (χ0n) is 12.5. The molecule has 1 heterocycles. The minimum atomic E-state index is -3.29. The van der Waals surface area contributed by atoms with Crippen LogP contribution in [0.3, 0.4) is 0 Å². The highest BCUT2D eigenvalue weighted by Gasteiger charge is 2.17. The first-order valence-corrected chi connectivity index (χ1v) is 8.75. The van der Waals surface area contributed by atoms with E-state index >= 15 is 0 Å². The van der Waals surface area contributed by atoms with Gasteiger partial charge in [0.2, 0.25) is 10.0 Å².